The minimum Gasteiger partial charge on any atom is -0.481 e. The second-order valence-electron chi connectivity index (χ2n) is 9.37. The van der Waals surface area contributed by atoms with Crippen molar-refractivity contribution in [2.45, 2.75) is 45.7 Å². The molecule has 158 valence electrons. The van der Waals surface area contributed by atoms with Gasteiger partial charge in [0.25, 0.3) is 0 Å². The number of allylic oxidation sites excluding steroid dienone is 2. The van der Waals surface area contributed by atoms with Crippen LogP contribution in [-0.4, -0.2) is 46.1 Å². The van der Waals surface area contributed by atoms with Crippen LogP contribution in [0.3, 0.4) is 0 Å². The van der Waals surface area contributed by atoms with Crippen molar-refractivity contribution in [1.29, 1.82) is 0 Å². The first-order chi connectivity index (χ1) is 13.5. The van der Waals surface area contributed by atoms with Crippen LogP contribution in [0.5, 0.6) is 0 Å². The van der Waals surface area contributed by atoms with Gasteiger partial charge < -0.3 is 18.7 Å². The van der Waals surface area contributed by atoms with Gasteiger partial charge in [0, 0.05) is 19.8 Å². The van der Waals surface area contributed by atoms with E-state index in [1.54, 1.807) is 0 Å². The van der Waals surface area contributed by atoms with E-state index in [1.807, 2.05) is 13.8 Å². The van der Waals surface area contributed by atoms with Crippen molar-refractivity contribution in [3.05, 3.63) is 12.2 Å². The molecular formula is C22H36O5Si. The van der Waals surface area contributed by atoms with E-state index < -0.39 is 14.5 Å². The number of carbonyl (C=O) groups is 1. The number of rotatable bonds is 11. The number of hydrogen-bond donors (Lipinski definition) is 1. The third-order valence-corrected chi connectivity index (χ3v) is 11.1. The summed E-state index contributed by atoms with van der Waals surface area (Å²) in [5, 5.41) is 9.92. The van der Waals surface area contributed by atoms with Crippen LogP contribution in [-0.2, 0) is 18.4 Å². The van der Waals surface area contributed by atoms with E-state index in [1.165, 1.54) is 6.42 Å². The van der Waals surface area contributed by atoms with Crippen LogP contribution in [0.25, 0.3) is 0 Å². The second kappa shape index (κ2) is 8.21. The molecule has 0 aliphatic heterocycles. The lowest BCUT2D eigenvalue weighted by molar-refractivity contribution is -0.149. The summed E-state index contributed by atoms with van der Waals surface area (Å²) < 4.78 is 17.8. The molecule has 0 radical (unpaired) electrons. The zero-order chi connectivity index (χ0) is 19.9. The SMILES string of the molecule is CCO[Si](C)(CCCOCC1C2CC(C1C(=O)O)C1C3C=CC(C3)C21)OCC. The van der Waals surface area contributed by atoms with E-state index in [4.69, 9.17) is 13.6 Å². The lowest BCUT2D eigenvalue weighted by Crippen LogP contribution is -2.42. The van der Waals surface area contributed by atoms with Gasteiger partial charge >= 0.3 is 14.5 Å². The summed E-state index contributed by atoms with van der Waals surface area (Å²) in [6.07, 6.45) is 8.07. The molecule has 5 nitrogen and oxygen atoms in total. The summed E-state index contributed by atoms with van der Waals surface area (Å²) in [6, 6.07) is 0.924. The zero-order valence-corrected chi connectivity index (χ0v) is 18.5. The van der Waals surface area contributed by atoms with Crippen molar-refractivity contribution in [3.8, 4) is 0 Å². The normalized spacial score (nSPS) is 40.4. The smallest absolute Gasteiger partial charge is 0.334 e. The number of carboxylic acids is 1. The van der Waals surface area contributed by atoms with Gasteiger partial charge in [-0.2, -0.15) is 0 Å². The van der Waals surface area contributed by atoms with Crippen LogP contribution in [0.2, 0.25) is 12.6 Å². The second-order valence-corrected chi connectivity index (χ2v) is 12.7. The Hall–Kier alpha value is -0.693. The standard InChI is InChI=1S/C22H36O5Si/c1-4-26-28(3,27-5-2)10-6-9-25-13-18-16-12-17(21(18)22(23)24)20-15-8-7-14(11-15)19(16)20/h7-8,14-21H,4-6,9-13H2,1-3H3,(H,23,24). The molecule has 4 aliphatic rings. The van der Waals surface area contributed by atoms with E-state index in [0.717, 1.165) is 24.8 Å². The lowest BCUT2D eigenvalue weighted by atomic mass is 9.65. The molecule has 4 bridgehead atoms. The molecule has 4 rings (SSSR count). The van der Waals surface area contributed by atoms with Crippen molar-refractivity contribution in [2.24, 2.45) is 47.3 Å². The first-order valence-electron chi connectivity index (χ1n) is 11.3. The van der Waals surface area contributed by atoms with Gasteiger partial charge in [0.2, 0.25) is 0 Å². The molecule has 1 N–H and O–H groups in total. The van der Waals surface area contributed by atoms with Gasteiger partial charge in [-0.25, -0.2) is 0 Å². The van der Waals surface area contributed by atoms with Gasteiger partial charge in [-0.3, -0.25) is 4.79 Å². The number of ether oxygens (including phenoxy) is 1. The summed E-state index contributed by atoms with van der Waals surface area (Å²) in [7, 11) is -2.08. The Bertz CT molecular complexity index is 602. The van der Waals surface area contributed by atoms with Gasteiger partial charge in [0.15, 0.2) is 0 Å². The maximum Gasteiger partial charge on any atom is 0.334 e. The molecule has 8 unspecified atom stereocenters. The van der Waals surface area contributed by atoms with Crippen molar-refractivity contribution in [2.75, 3.05) is 26.4 Å². The summed E-state index contributed by atoms with van der Waals surface area (Å²) in [4.78, 5) is 12.1. The fourth-order valence-electron chi connectivity index (χ4n) is 7.27. The Morgan fingerprint density at radius 3 is 2.32 bits per heavy atom. The number of hydrogen-bond acceptors (Lipinski definition) is 4. The molecule has 0 spiro atoms. The van der Waals surface area contributed by atoms with Crippen LogP contribution in [0.4, 0.5) is 0 Å². The summed E-state index contributed by atoms with van der Waals surface area (Å²) in [6.45, 7) is 8.80. The highest BCUT2D eigenvalue weighted by molar-refractivity contribution is 6.66. The van der Waals surface area contributed by atoms with E-state index in [2.05, 4.69) is 18.7 Å². The van der Waals surface area contributed by atoms with Crippen molar-refractivity contribution in [3.63, 3.8) is 0 Å². The Balaban J connectivity index is 1.30. The van der Waals surface area contributed by atoms with Gasteiger partial charge in [-0.05, 0) is 87.1 Å². The molecule has 3 fully saturated rings. The summed E-state index contributed by atoms with van der Waals surface area (Å²) >= 11 is 0. The predicted molar refractivity (Wildman–Crippen MR) is 109 cm³/mol. The zero-order valence-electron chi connectivity index (χ0n) is 17.5. The highest BCUT2D eigenvalue weighted by Crippen LogP contribution is 2.68. The predicted octanol–water partition coefficient (Wildman–Crippen LogP) is 3.94. The van der Waals surface area contributed by atoms with Crippen molar-refractivity contribution < 1.29 is 23.5 Å². The molecule has 0 saturated heterocycles. The fraction of sp³-hybridized carbons (Fsp3) is 0.864. The number of fused-ring (bicyclic) bond motifs is 9. The van der Waals surface area contributed by atoms with Gasteiger partial charge in [0.05, 0.1) is 12.5 Å². The Morgan fingerprint density at radius 2 is 1.71 bits per heavy atom. The maximum absolute atomic E-state index is 12.1. The van der Waals surface area contributed by atoms with Crippen LogP contribution < -0.4 is 0 Å². The summed E-state index contributed by atoms with van der Waals surface area (Å²) in [5.41, 5.74) is 0. The molecule has 3 saturated carbocycles. The third-order valence-electron chi connectivity index (χ3n) is 8.00. The number of carboxylic acid groups (broad SMARTS) is 1. The summed E-state index contributed by atoms with van der Waals surface area (Å²) in [5.74, 6) is 3.00. The average Bonchev–Trinajstić information content (AvgIpc) is 3.40. The van der Waals surface area contributed by atoms with Gasteiger partial charge in [-0.15, -0.1) is 0 Å². The van der Waals surface area contributed by atoms with E-state index in [0.29, 0.717) is 56.0 Å². The molecule has 0 aromatic carbocycles. The van der Waals surface area contributed by atoms with E-state index in [-0.39, 0.29) is 11.8 Å². The fourth-order valence-corrected chi connectivity index (χ4v) is 9.65. The first-order valence-corrected chi connectivity index (χ1v) is 13.8. The Morgan fingerprint density at radius 1 is 1.07 bits per heavy atom. The molecule has 28 heavy (non-hydrogen) atoms. The minimum atomic E-state index is -2.08. The average molecular weight is 409 g/mol. The molecule has 0 aromatic heterocycles. The van der Waals surface area contributed by atoms with E-state index in [9.17, 15) is 9.90 Å². The third kappa shape index (κ3) is 3.51. The van der Waals surface area contributed by atoms with Crippen LogP contribution in [0, 0.1) is 47.3 Å². The monoisotopic (exact) mass is 408 g/mol. The van der Waals surface area contributed by atoms with Crippen molar-refractivity contribution in [1.82, 2.24) is 0 Å². The molecule has 4 aliphatic carbocycles. The van der Waals surface area contributed by atoms with Crippen LogP contribution in [0.1, 0.15) is 33.1 Å². The highest BCUT2D eigenvalue weighted by Gasteiger charge is 2.66. The minimum absolute atomic E-state index is 0.193. The lowest BCUT2D eigenvalue weighted by Gasteiger charge is -2.40. The first kappa shape index (κ1) is 20.6. The molecule has 0 aromatic rings. The molecule has 6 heteroatoms. The molecule has 0 amide bonds. The molecular weight excluding hydrogens is 372 g/mol. The van der Waals surface area contributed by atoms with Gasteiger partial charge in [-0.1, -0.05) is 12.2 Å². The maximum atomic E-state index is 12.1. The van der Waals surface area contributed by atoms with Gasteiger partial charge in [0.1, 0.15) is 0 Å². The Labute approximate surface area is 170 Å². The quantitative estimate of drug-likeness (QED) is 0.243. The van der Waals surface area contributed by atoms with Crippen LogP contribution in [0.15, 0.2) is 12.2 Å². The van der Waals surface area contributed by atoms with E-state index >= 15 is 0 Å². The van der Waals surface area contributed by atoms with Crippen molar-refractivity contribution >= 4 is 14.5 Å². The largest absolute Gasteiger partial charge is 0.481 e. The molecule has 0 heterocycles. The molecule has 8 atom stereocenters. The number of aliphatic carboxylic acids is 1. The van der Waals surface area contributed by atoms with Crippen LogP contribution >= 0.6 is 0 Å². The topological polar surface area (TPSA) is 65.0 Å². The Kier molecular flexibility index (Phi) is 6.03. The highest BCUT2D eigenvalue weighted by atomic mass is 28.4.